The van der Waals surface area contributed by atoms with E-state index in [0.717, 1.165) is 16.9 Å². The molecule has 0 aliphatic carbocycles. The molecule has 138 valence electrons. The second kappa shape index (κ2) is 8.81. The van der Waals surface area contributed by atoms with Gasteiger partial charge in [0.15, 0.2) is 11.5 Å². The number of aryl methyl sites for hydroxylation is 1. The number of amides is 1. The first-order valence-electron chi connectivity index (χ1n) is 8.66. The van der Waals surface area contributed by atoms with Gasteiger partial charge in [-0.25, -0.2) is 0 Å². The maximum atomic E-state index is 12.0. The number of rotatable bonds is 7. The Labute approximate surface area is 158 Å². The number of hydrogen-bond donors (Lipinski definition) is 1. The first-order chi connectivity index (χ1) is 12.6. The maximum Gasteiger partial charge on any atom is 0.220 e. The van der Waals surface area contributed by atoms with Gasteiger partial charge >= 0.3 is 0 Å². The number of benzene rings is 2. The number of halogens is 1. The highest BCUT2D eigenvalue weighted by molar-refractivity contribution is 6.32. The molecule has 1 N–H and O–H groups in total. The van der Waals surface area contributed by atoms with E-state index in [1.807, 2.05) is 37.3 Å². The van der Waals surface area contributed by atoms with Gasteiger partial charge in [0.25, 0.3) is 0 Å². The van der Waals surface area contributed by atoms with Crippen LogP contribution in [0.25, 0.3) is 0 Å². The molecule has 2 aromatic rings. The van der Waals surface area contributed by atoms with Crippen LogP contribution in [0.3, 0.4) is 0 Å². The molecule has 0 saturated carbocycles. The van der Waals surface area contributed by atoms with Crippen molar-refractivity contribution in [3.8, 4) is 17.2 Å². The van der Waals surface area contributed by atoms with Gasteiger partial charge in [-0.3, -0.25) is 4.79 Å². The highest BCUT2D eigenvalue weighted by Gasteiger charge is 2.16. The molecule has 6 heteroatoms. The van der Waals surface area contributed by atoms with Crippen LogP contribution in [0.5, 0.6) is 17.2 Å². The standard InChI is InChI=1S/C20H22ClNO4/c1-14-4-2-5-16(10-14)24-7-3-6-19(23)22-13-15-11-17(21)20-18(12-15)25-8-9-26-20/h2,4-5,10-12H,3,6-9,13H2,1H3,(H,22,23). The van der Waals surface area contributed by atoms with Gasteiger partial charge in [-0.05, 0) is 48.7 Å². The van der Waals surface area contributed by atoms with Crippen LogP contribution in [0.1, 0.15) is 24.0 Å². The Hall–Kier alpha value is -2.40. The molecule has 0 aromatic heterocycles. The molecule has 0 spiro atoms. The fourth-order valence-corrected chi connectivity index (χ4v) is 2.97. The average Bonchev–Trinajstić information content (AvgIpc) is 2.64. The molecule has 0 saturated heterocycles. The van der Waals surface area contributed by atoms with Crippen molar-refractivity contribution in [2.24, 2.45) is 0 Å². The van der Waals surface area contributed by atoms with Crippen molar-refractivity contribution in [1.29, 1.82) is 0 Å². The summed E-state index contributed by atoms with van der Waals surface area (Å²) in [5, 5.41) is 3.39. The Morgan fingerprint density at radius 3 is 2.92 bits per heavy atom. The highest BCUT2D eigenvalue weighted by Crippen LogP contribution is 2.38. The Bertz CT molecular complexity index is 778. The second-order valence-electron chi connectivity index (χ2n) is 6.15. The molecule has 0 unspecified atom stereocenters. The monoisotopic (exact) mass is 375 g/mol. The topological polar surface area (TPSA) is 56.8 Å². The lowest BCUT2D eigenvalue weighted by molar-refractivity contribution is -0.121. The van der Waals surface area contributed by atoms with E-state index in [4.69, 9.17) is 25.8 Å². The number of nitrogens with one attached hydrogen (secondary N) is 1. The van der Waals surface area contributed by atoms with Crippen molar-refractivity contribution >= 4 is 17.5 Å². The summed E-state index contributed by atoms with van der Waals surface area (Å²) in [5.74, 6) is 2.00. The van der Waals surface area contributed by atoms with Crippen LogP contribution in [0.15, 0.2) is 36.4 Å². The van der Waals surface area contributed by atoms with E-state index in [1.165, 1.54) is 0 Å². The fraction of sp³-hybridized carbons (Fsp3) is 0.350. The molecule has 3 rings (SSSR count). The van der Waals surface area contributed by atoms with E-state index in [0.29, 0.717) is 55.7 Å². The summed E-state index contributed by atoms with van der Waals surface area (Å²) in [6, 6.07) is 11.5. The Morgan fingerprint density at radius 1 is 1.23 bits per heavy atom. The lowest BCUT2D eigenvalue weighted by Crippen LogP contribution is -2.23. The molecule has 0 fully saturated rings. The minimum absolute atomic E-state index is 0.0242. The number of carbonyl (C=O) groups is 1. The number of fused-ring (bicyclic) bond motifs is 1. The molecule has 1 aliphatic rings. The molecule has 1 aliphatic heterocycles. The smallest absolute Gasteiger partial charge is 0.220 e. The SMILES string of the molecule is Cc1cccc(OCCCC(=O)NCc2cc(Cl)c3c(c2)OCCO3)c1. The van der Waals surface area contributed by atoms with Crippen molar-refractivity contribution in [2.45, 2.75) is 26.3 Å². The van der Waals surface area contributed by atoms with E-state index < -0.39 is 0 Å². The fourth-order valence-electron chi connectivity index (χ4n) is 2.68. The van der Waals surface area contributed by atoms with Gasteiger partial charge in [-0.15, -0.1) is 0 Å². The summed E-state index contributed by atoms with van der Waals surface area (Å²) in [7, 11) is 0. The zero-order chi connectivity index (χ0) is 18.4. The van der Waals surface area contributed by atoms with E-state index >= 15 is 0 Å². The molecule has 26 heavy (non-hydrogen) atoms. The van der Waals surface area contributed by atoms with Crippen LogP contribution in [0.2, 0.25) is 5.02 Å². The van der Waals surface area contributed by atoms with Gasteiger partial charge in [0, 0.05) is 13.0 Å². The van der Waals surface area contributed by atoms with Crippen LogP contribution in [0.4, 0.5) is 0 Å². The van der Waals surface area contributed by atoms with Crippen molar-refractivity contribution in [3.63, 3.8) is 0 Å². The predicted molar refractivity (Wildman–Crippen MR) is 100 cm³/mol. The molecular weight excluding hydrogens is 354 g/mol. The van der Waals surface area contributed by atoms with E-state index in [-0.39, 0.29) is 5.91 Å². The molecule has 5 nitrogen and oxygen atoms in total. The summed E-state index contributed by atoms with van der Waals surface area (Å²) < 4.78 is 16.7. The minimum atomic E-state index is -0.0242. The van der Waals surface area contributed by atoms with Gasteiger partial charge < -0.3 is 19.5 Å². The lowest BCUT2D eigenvalue weighted by atomic mass is 10.2. The first kappa shape index (κ1) is 18.4. The van der Waals surface area contributed by atoms with Crippen molar-refractivity contribution in [3.05, 3.63) is 52.5 Å². The highest BCUT2D eigenvalue weighted by atomic mass is 35.5. The maximum absolute atomic E-state index is 12.0. The van der Waals surface area contributed by atoms with Gasteiger partial charge in [0.2, 0.25) is 5.91 Å². The van der Waals surface area contributed by atoms with Crippen molar-refractivity contribution < 1.29 is 19.0 Å². The quantitative estimate of drug-likeness (QED) is 0.746. The van der Waals surface area contributed by atoms with E-state index in [1.54, 1.807) is 6.07 Å². The summed E-state index contributed by atoms with van der Waals surface area (Å²) in [4.78, 5) is 12.0. The molecule has 0 atom stereocenters. The minimum Gasteiger partial charge on any atom is -0.494 e. The molecule has 2 aromatic carbocycles. The normalized spacial score (nSPS) is 12.5. The zero-order valence-electron chi connectivity index (χ0n) is 14.7. The average molecular weight is 376 g/mol. The molecule has 1 amide bonds. The lowest BCUT2D eigenvalue weighted by Gasteiger charge is -2.20. The summed E-state index contributed by atoms with van der Waals surface area (Å²) >= 11 is 6.20. The van der Waals surface area contributed by atoms with E-state index in [2.05, 4.69) is 5.32 Å². The van der Waals surface area contributed by atoms with Crippen LogP contribution in [-0.2, 0) is 11.3 Å². The predicted octanol–water partition coefficient (Wildman–Crippen LogP) is 3.90. The summed E-state index contributed by atoms with van der Waals surface area (Å²) in [6.45, 7) is 3.92. The van der Waals surface area contributed by atoms with Gasteiger partial charge in [0.05, 0.1) is 11.6 Å². The Kier molecular flexibility index (Phi) is 6.23. The molecule has 0 bridgehead atoms. The zero-order valence-corrected chi connectivity index (χ0v) is 15.5. The van der Waals surface area contributed by atoms with Crippen LogP contribution >= 0.6 is 11.6 Å². The third-order valence-electron chi connectivity index (χ3n) is 3.95. The van der Waals surface area contributed by atoms with Gasteiger partial charge in [-0.2, -0.15) is 0 Å². The molecule has 0 radical (unpaired) electrons. The molecular formula is C20H22ClNO4. The first-order valence-corrected chi connectivity index (χ1v) is 9.04. The third kappa shape index (κ3) is 5.05. The summed E-state index contributed by atoms with van der Waals surface area (Å²) in [5.41, 5.74) is 2.03. The van der Waals surface area contributed by atoms with Crippen molar-refractivity contribution in [1.82, 2.24) is 5.32 Å². The van der Waals surface area contributed by atoms with E-state index in [9.17, 15) is 4.79 Å². The van der Waals surface area contributed by atoms with Gasteiger partial charge in [-0.1, -0.05) is 23.7 Å². The van der Waals surface area contributed by atoms with Crippen LogP contribution < -0.4 is 19.5 Å². The second-order valence-corrected chi connectivity index (χ2v) is 6.55. The number of ether oxygens (including phenoxy) is 3. The van der Waals surface area contributed by atoms with Crippen molar-refractivity contribution in [2.75, 3.05) is 19.8 Å². The molecule has 1 heterocycles. The Morgan fingerprint density at radius 2 is 2.08 bits per heavy atom. The third-order valence-corrected chi connectivity index (χ3v) is 4.23. The Balaban J connectivity index is 1.41. The number of hydrogen-bond acceptors (Lipinski definition) is 4. The van der Waals surface area contributed by atoms with Gasteiger partial charge in [0.1, 0.15) is 19.0 Å². The summed E-state index contributed by atoms with van der Waals surface area (Å²) in [6.07, 6.45) is 1.06. The van der Waals surface area contributed by atoms with Crippen LogP contribution in [0, 0.1) is 6.92 Å². The largest absolute Gasteiger partial charge is 0.494 e. The van der Waals surface area contributed by atoms with Crippen LogP contribution in [-0.4, -0.2) is 25.7 Å². The number of carbonyl (C=O) groups excluding carboxylic acids is 1.